The van der Waals surface area contributed by atoms with Crippen molar-refractivity contribution in [2.24, 2.45) is 11.7 Å². The van der Waals surface area contributed by atoms with Crippen LogP contribution in [0.15, 0.2) is 0 Å². The molecule has 0 bridgehead atoms. The molecule has 5 heteroatoms. The van der Waals surface area contributed by atoms with Gasteiger partial charge in [0.2, 0.25) is 5.91 Å². The van der Waals surface area contributed by atoms with Gasteiger partial charge < -0.3 is 11.1 Å². The maximum Gasteiger partial charge on any atom is 0.224 e. The first-order valence-electron chi connectivity index (χ1n) is 6.87. The molecule has 1 heterocycles. The summed E-state index contributed by atoms with van der Waals surface area (Å²) in [7, 11) is 0. The number of nitrogens with two attached hydrogens (primary N) is 1. The summed E-state index contributed by atoms with van der Waals surface area (Å²) < 4.78 is 2.00. The summed E-state index contributed by atoms with van der Waals surface area (Å²) in [6, 6.07) is 0.0128. The van der Waals surface area contributed by atoms with Crippen LogP contribution in [0.25, 0.3) is 0 Å². The largest absolute Gasteiger partial charge is 0.352 e. The number of carbonyl (C=O) groups is 1. The molecule has 108 valence electrons. The Morgan fingerprint density at radius 3 is 2.53 bits per heavy atom. The van der Waals surface area contributed by atoms with E-state index in [-0.39, 0.29) is 11.9 Å². The summed E-state index contributed by atoms with van der Waals surface area (Å²) in [6.45, 7) is 11.5. The van der Waals surface area contributed by atoms with Crippen LogP contribution < -0.4 is 11.1 Å². The van der Waals surface area contributed by atoms with E-state index in [0.29, 0.717) is 18.9 Å². The zero-order valence-corrected chi connectivity index (χ0v) is 12.7. The molecule has 3 N–H and O–H groups in total. The van der Waals surface area contributed by atoms with Gasteiger partial charge in [0.25, 0.3) is 0 Å². The Balaban J connectivity index is 2.78. The molecule has 19 heavy (non-hydrogen) atoms. The molecule has 0 unspecified atom stereocenters. The summed E-state index contributed by atoms with van der Waals surface area (Å²) in [6.07, 6.45) is 0.375. The van der Waals surface area contributed by atoms with E-state index in [1.54, 1.807) is 0 Å². The van der Waals surface area contributed by atoms with Crippen molar-refractivity contribution in [1.29, 1.82) is 0 Å². The molecule has 0 aliphatic carbocycles. The summed E-state index contributed by atoms with van der Waals surface area (Å²) >= 11 is 0. The average Bonchev–Trinajstić information content (AvgIpc) is 2.56. The summed E-state index contributed by atoms with van der Waals surface area (Å²) in [4.78, 5) is 11.9. The molecular formula is C14H26N4O. The minimum absolute atomic E-state index is 0.00764. The zero-order chi connectivity index (χ0) is 14.6. The van der Waals surface area contributed by atoms with Crippen molar-refractivity contribution in [2.45, 2.75) is 53.6 Å². The van der Waals surface area contributed by atoms with Gasteiger partial charge in [-0.3, -0.25) is 9.48 Å². The fourth-order valence-electron chi connectivity index (χ4n) is 2.06. The lowest BCUT2D eigenvalue weighted by molar-refractivity contribution is -0.121. The Labute approximate surface area is 115 Å². The van der Waals surface area contributed by atoms with Crippen molar-refractivity contribution in [1.82, 2.24) is 15.1 Å². The molecule has 1 amide bonds. The predicted molar refractivity (Wildman–Crippen MR) is 76.9 cm³/mol. The first-order chi connectivity index (χ1) is 8.85. The van der Waals surface area contributed by atoms with Gasteiger partial charge in [-0.05, 0) is 26.7 Å². The Morgan fingerprint density at radius 1 is 1.37 bits per heavy atom. The third-order valence-electron chi connectivity index (χ3n) is 3.17. The molecule has 1 aromatic heterocycles. The first kappa shape index (κ1) is 15.7. The van der Waals surface area contributed by atoms with Crippen LogP contribution in [0, 0.1) is 19.8 Å². The number of amides is 1. The van der Waals surface area contributed by atoms with E-state index in [4.69, 9.17) is 5.73 Å². The molecule has 0 saturated carbocycles. The second-order valence-corrected chi connectivity index (χ2v) is 5.61. The maximum atomic E-state index is 11.9. The van der Waals surface area contributed by atoms with E-state index in [1.165, 1.54) is 0 Å². The second-order valence-electron chi connectivity index (χ2n) is 5.61. The average molecular weight is 266 g/mol. The van der Waals surface area contributed by atoms with Gasteiger partial charge >= 0.3 is 0 Å². The standard InChI is InChI=1S/C14H26N4O/c1-9(2)8-18-12(5)13(11(4)17-18)6-14(19)16-10(3)7-15/h9-10H,6-8,15H2,1-5H3,(H,16,19)/t10-/m0/s1. The number of aromatic nitrogens is 2. The molecular weight excluding hydrogens is 240 g/mol. The Bertz CT molecular complexity index is 437. The van der Waals surface area contributed by atoms with Gasteiger partial charge in [-0.1, -0.05) is 13.8 Å². The number of nitrogens with one attached hydrogen (secondary N) is 1. The summed E-state index contributed by atoms with van der Waals surface area (Å²) in [5.41, 5.74) is 8.55. The molecule has 0 aliphatic heterocycles. The highest BCUT2D eigenvalue weighted by atomic mass is 16.1. The van der Waals surface area contributed by atoms with Crippen molar-refractivity contribution >= 4 is 5.91 Å². The second kappa shape index (κ2) is 6.70. The van der Waals surface area contributed by atoms with Crippen molar-refractivity contribution < 1.29 is 4.79 Å². The van der Waals surface area contributed by atoms with Crippen molar-refractivity contribution in [2.75, 3.05) is 6.54 Å². The fourth-order valence-corrected chi connectivity index (χ4v) is 2.06. The van der Waals surface area contributed by atoms with Gasteiger partial charge in [-0.15, -0.1) is 0 Å². The molecule has 1 aromatic rings. The van der Waals surface area contributed by atoms with E-state index < -0.39 is 0 Å². The highest BCUT2D eigenvalue weighted by molar-refractivity contribution is 5.79. The maximum absolute atomic E-state index is 11.9. The Morgan fingerprint density at radius 2 is 2.00 bits per heavy atom. The van der Waals surface area contributed by atoms with E-state index in [9.17, 15) is 4.79 Å². The molecule has 0 saturated heterocycles. The first-order valence-corrected chi connectivity index (χ1v) is 6.87. The van der Waals surface area contributed by atoms with Crippen molar-refractivity contribution in [3.63, 3.8) is 0 Å². The van der Waals surface area contributed by atoms with Crippen molar-refractivity contribution in [3.8, 4) is 0 Å². The monoisotopic (exact) mass is 266 g/mol. The number of nitrogens with zero attached hydrogens (tertiary/aromatic N) is 2. The summed E-state index contributed by atoms with van der Waals surface area (Å²) in [5.74, 6) is 0.546. The van der Waals surface area contributed by atoms with Crippen LogP contribution in [-0.2, 0) is 17.8 Å². The fraction of sp³-hybridized carbons (Fsp3) is 0.714. The molecule has 0 aliphatic rings. The highest BCUT2D eigenvalue weighted by Crippen LogP contribution is 2.15. The van der Waals surface area contributed by atoms with E-state index in [1.807, 2.05) is 25.5 Å². The van der Waals surface area contributed by atoms with Gasteiger partial charge in [-0.25, -0.2) is 0 Å². The molecule has 0 aromatic carbocycles. The lowest BCUT2D eigenvalue weighted by Gasteiger charge is -2.11. The molecule has 1 rings (SSSR count). The molecule has 1 atom stereocenters. The molecule has 0 radical (unpaired) electrons. The number of aryl methyl sites for hydroxylation is 1. The van der Waals surface area contributed by atoms with Crippen LogP contribution in [0.5, 0.6) is 0 Å². The quantitative estimate of drug-likeness (QED) is 0.811. The van der Waals surface area contributed by atoms with Crippen molar-refractivity contribution in [3.05, 3.63) is 17.0 Å². The topological polar surface area (TPSA) is 72.9 Å². The van der Waals surface area contributed by atoms with Crippen LogP contribution in [0.3, 0.4) is 0 Å². The van der Waals surface area contributed by atoms with E-state index >= 15 is 0 Å². The van der Waals surface area contributed by atoms with Crippen LogP contribution in [0.4, 0.5) is 0 Å². The lowest BCUT2D eigenvalue weighted by atomic mass is 10.1. The van der Waals surface area contributed by atoms with E-state index in [0.717, 1.165) is 23.5 Å². The van der Waals surface area contributed by atoms with E-state index in [2.05, 4.69) is 24.3 Å². The third-order valence-corrected chi connectivity index (χ3v) is 3.17. The number of hydrogen-bond acceptors (Lipinski definition) is 3. The Hall–Kier alpha value is -1.36. The highest BCUT2D eigenvalue weighted by Gasteiger charge is 2.16. The third kappa shape index (κ3) is 4.35. The minimum atomic E-state index is 0.00764. The Kier molecular flexibility index (Phi) is 5.54. The number of hydrogen-bond donors (Lipinski definition) is 2. The van der Waals surface area contributed by atoms with Gasteiger partial charge in [0.05, 0.1) is 12.1 Å². The summed E-state index contributed by atoms with van der Waals surface area (Å²) in [5, 5.41) is 7.40. The smallest absolute Gasteiger partial charge is 0.224 e. The van der Waals surface area contributed by atoms with Gasteiger partial charge in [0, 0.05) is 30.4 Å². The number of rotatable bonds is 6. The molecule has 5 nitrogen and oxygen atoms in total. The SMILES string of the molecule is Cc1nn(CC(C)C)c(C)c1CC(=O)N[C@@H](C)CN. The van der Waals surface area contributed by atoms with Crippen LogP contribution in [0.2, 0.25) is 0 Å². The minimum Gasteiger partial charge on any atom is -0.352 e. The zero-order valence-electron chi connectivity index (χ0n) is 12.7. The predicted octanol–water partition coefficient (Wildman–Crippen LogP) is 1.16. The van der Waals surface area contributed by atoms with Gasteiger partial charge in [-0.2, -0.15) is 5.10 Å². The lowest BCUT2D eigenvalue weighted by Crippen LogP contribution is -2.38. The van der Waals surface area contributed by atoms with Gasteiger partial charge in [0.1, 0.15) is 0 Å². The normalized spacial score (nSPS) is 12.8. The van der Waals surface area contributed by atoms with Gasteiger partial charge in [0.15, 0.2) is 0 Å². The van der Waals surface area contributed by atoms with Crippen LogP contribution in [-0.4, -0.2) is 28.3 Å². The number of carbonyl (C=O) groups excluding carboxylic acids is 1. The molecule has 0 spiro atoms. The van der Waals surface area contributed by atoms with Crippen LogP contribution >= 0.6 is 0 Å². The molecule has 0 fully saturated rings. The van der Waals surface area contributed by atoms with Crippen LogP contribution in [0.1, 0.15) is 37.7 Å².